The first-order chi connectivity index (χ1) is 12.7. The van der Waals surface area contributed by atoms with Gasteiger partial charge in [-0.25, -0.2) is 0 Å². The molecule has 3 rings (SSSR count). The fourth-order valence-corrected chi connectivity index (χ4v) is 2.51. The maximum atomic E-state index is 12.5. The molecule has 0 bridgehead atoms. The molecule has 0 saturated carbocycles. The van der Waals surface area contributed by atoms with Crippen LogP contribution in [0, 0.1) is 11.3 Å². The number of nitriles is 1. The lowest BCUT2D eigenvalue weighted by Crippen LogP contribution is -2.13. The van der Waals surface area contributed by atoms with Crippen molar-refractivity contribution in [1.29, 1.82) is 5.26 Å². The number of nitrogens with zero attached hydrogens (tertiary/aromatic N) is 2. The smallest absolute Gasteiger partial charge is 0.257 e. The number of pyridine rings is 1. The molecule has 2 aromatic carbocycles. The summed E-state index contributed by atoms with van der Waals surface area (Å²) in [5, 5.41) is 15.1. The number of carbonyl (C=O) groups excluding carboxylic acids is 1. The molecule has 0 aliphatic heterocycles. The first-order valence-corrected chi connectivity index (χ1v) is 8.31. The van der Waals surface area contributed by atoms with Crippen molar-refractivity contribution in [2.75, 3.05) is 10.6 Å². The van der Waals surface area contributed by atoms with Crippen LogP contribution in [0.25, 0.3) is 0 Å². The third kappa shape index (κ3) is 4.05. The molecule has 5 heteroatoms. The average molecular weight is 342 g/mol. The van der Waals surface area contributed by atoms with Crippen LogP contribution < -0.4 is 10.6 Å². The molecule has 5 nitrogen and oxygen atoms in total. The number of aromatic nitrogens is 1. The highest BCUT2D eigenvalue weighted by atomic mass is 16.1. The molecule has 0 radical (unpaired) electrons. The highest BCUT2D eigenvalue weighted by molar-refractivity contribution is 6.05. The number of hydrogen-bond acceptors (Lipinski definition) is 4. The van der Waals surface area contributed by atoms with Gasteiger partial charge in [-0.15, -0.1) is 0 Å². The molecule has 0 saturated heterocycles. The summed E-state index contributed by atoms with van der Waals surface area (Å²) >= 11 is 0. The van der Waals surface area contributed by atoms with E-state index in [1.165, 1.54) is 11.8 Å². The minimum absolute atomic E-state index is 0.315. The standard InChI is InChI=1S/C21H18N4O/c1-2-15-7-9-18(10-8-15)24-19-11-17(13-23-14-19)21(26)25-20-6-4-3-5-16(20)12-22/h3-11,13-14,24H,2H2,1H3,(H,25,26). The van der Waals surface area contributed by atoms with Crippen molar-refractivity contribution in [3.63, 3.8) is 0 Å². The van der Waals surface area contributed by atoms with Crippen LogP contribution in [0.3, 0.4) is 0 Å². The Morgan fingerprint density at radius 1 is 1.08 bits per heavy atom. The Balaban J connectivity index is 1.75. The lowest BCUT2D eigenvalue weighted by molar-refractivity contribution is 0.102. The normalized spacial score (nSPS) is 10.0. The summed E-state index contributed by atoms with van der Waals surface area (Å²) < 4.78 is 0. The molecule has 2 N–H and O–H groups in total. The van der Waals surface area contributed by atoms with Crippen molar-refractivity contribution >= 4 is 23.0 Å². The second-order valence-corrected chi connectivity index (χ2v) is 5.75. The number of amides is 1. The molecule has 3 aromatic rings. The lowest BCUT2D eigenvalue weighted by Gasteiger charge is -2.10. The zero-order chi connectivity index (χ0) is 18.4. The van der Waals surface area contributed by atoms with Gasteiger partial charge in [0.05, 0.1) is 28.7 Å². The van der Waals surface area contributed by atoms with Gasteiger partial charge in [0.2, 0.25) is 0 Å². The highest BCUT2D eigenvalue weighted by Crippen LogP contribution is 2.19. The summed E-state index contributed by atoms with van der Waals surface area (Å²) in [5.74, 6) is -0.315. The number of benzene rings is 2. The second kappa shape index (κ2) is 7.95. The highest BCUT2D eigenvalue weighted by Gasteiger charge is 2.10. The fraction of sp³-hybridized carbons (Fsp3) is 0.0952. The van der Waals surface area contributed by atoms with Gasteiger partial charge in [-0.3, -0.25) is 9.78 Å². The van der Waals surface area contributed by atoms with Crippen LogP contribution in [-0.4, -0.2) is 10.9 Å². The third-order valence-corrected chi connectivity index (χ3v) is 3.95. The van der Waals surface area contributed by atoms with E-state index in [0.717, 1.165) is 17.8 Å². The Bertz CT molecular complexity index is 958. The summed E-state index contributed by atoms with van der Waals surface area (Å²) in [6, 6.07) is 18.8. The third-order valence-electron chi connectivity index (χ3n) is 3.95. The van der Waals surface area contributed by atoms with Crippen molar-refractivity contribution < 1.29 is 4.79 Å². The molecule has 0 aliphatic carbocycles. The summed E-state index contributed by atoms with van der Waals surface area (Å²) in [7, 11) is 0. The zero-order valence-electron chi connectivity index (χ0n) is 14.4. The first-order valence-electron chi connectivity index (χ1n) is 8.31. The Kier molecular flexibility index (Phi) is 5.25. The van der Waals surface area contributed by atoms with Gasteiger partial charge in [0.15, 0.2) is 0 Å². The number of aryl methyl sites for hydroxylation is 1. The maximum absolute atomic E-state index is 12.5. The fourth-order valence-electron chi connectivity index (χ4n) is 2.51. The van der Waals surface area contributed by atoms with E-state index in [1.54, 1.807) is 36.5 Å². The summed E-state index contributed by atoms with van der Waals surface area (Å²) in [5.41, 5.74) is 4.21. The van der Waals surface area contributed by atoms with Crippen LogP contribution >= 0.6 is 0 Å². The van der Waals surface area contributed by atoms with Crippen molar-refractivity contribution in [2.24, 2.45) is 0 Å². The van der Waals surface area contributed by atoms with Crippen molar-refractivity contribution in [1.82, 2.24) is 4.98 Å². The van der Waals surface area contributed by atoms with Crippen LogP contribution in [0.4, 0.5) is 17.1 Å². The van der Waals surface area contributed by atoms with Crippen LogP contribution in [-0.2, 0) is 6.42 Å². The Morgan fingerprint density at radius 2 is 1.85 bits per heavy atom. The molecule has 0 aliphatic rings. The molecule has 1 heterocycles. The predicted octanol–water partition coefficient (Wildman–Crippen LogP) is 4.51. The van der Waals surface area contributed by atoms with E-state index in [9.17, 15) is 4.79 Å². The molecule has 0 unspecified atom stereocenters. The van der Waals surface area contributed by atoms with E-state index in [2.05, 4.69) is 40.7 Å². The van der Waals surface area contributed by atoms with E-state index in [-0.39, 0.29) is 5.91 Å². The van der Waals surface area contributed by atoms with Crippen LogP contribution in [0.15, 0.2) is 67.0 Å². The molecule has 1 amide bonds. The van der Waals surface area contributed by atoms with Crippen LogP contribution in [0.2, 0.25) is 0 Å². The minimum atomic E-state index is -0.315. The first kappa shape index (κ1) is 17.2. The Labute approximate surface area is 152 Å². The van der Waals surface area contributed by atoms with E-state index in [4.69, 9.17) is 5.26 Å². The molecule has 26 heavy (non-hydrogen) atoms. The average Bonchev–Trinajstić information content (AvgIpc) is 2.69. The van der Waals surface area contributed by atoms with Crippen LogP contribution in [0.1, 0.15) is 28.4 Å². The maximum Gasteiger partial charge on any atom is 0.257 e. The van der Waals surface area contributed by atoms with Gasteiger partial charge in [-0.2, -0.15) is 5.26 Å². The summed E-state index contributed by atoms with van der Waals surface area (Å²) in [6.45, 7) is 2.11. The summed E-state index contributed by atoms with van der Waals surface area (Å²) in [6.07, 6.45) is 4.14. The topological polar surface area (TPSA) is 77.8 Å². The number of anilines is 3. The second-order valence-electron chi connectivity index (χ2n) is 5.75. The Morgan fingerprint density at radius 3 is 2.58 bits per heavy atom. The van der Waals surface area contributed by atoms with Crippen LogP contribution in [0.5, 0.6) is 0 Å². The number of carbonyl (C=O) groups is 1. The van der Waals surface area contributed by atoms with Gasteiger partial charge >= 0.3 is 0 Å². The molecular formula is C21H18N4O. The molecule has 1 aromatic heterocycles. The molecule has 0 spiro atoms. The zero-order valence-corrected chi connectivity index (χ0v) is 14.4. The van der Waals surface area contributed by atoms with Gasteiger partial charge in [0, 0.05) is 11.9 Å². The van der Waals surface area contributed by atoms with Gasteiger partial charge in [-0.1, -0.05) is 31.2 Å². The molecular weight excluding hydrogens is 324 g/mol. The monoisotopic (exact) mass is 342 g/mol. The molecule has 0 fully saturated rings. The van der Waals surface area contributed by atoms with Gasteiger partial charge < -0.3 is 10.6 Å². The largest absolute Gasteiger partial charge is 0.354 e. The van der Waals surface area contributed by atoms with E-state index >= 15 is 0 Å². The van der Waals surface area contributed by atoms with Crippen molar-refractivity contribution in [3.8, 4) is 6.07 Å². The van der Waals surface area contributed by atoms with E-state index < -0.39 is 0 Å². The Hall–Kier alpha value is -3.65. The number of nitrogens with one attached hydrogen (secondary N) is 2. The number of para-hydroxylation sites is 1. The van der Waals surface area contributed by atoms with Gasteiger partial charge in [0.1, 0.15) is 6.07 Å². The summed E-state index contributed by atoms with van der Waals surface area (Å²) in [4.78, 5) is 16.6. The quantitative estimate of drug-likeness (QED) is 0.715. The van der Waals surface area contributed by atoms with Crippen molar-refractivity contribution in [2.45, 2.75) is 13.3 Å². The lowest BCUT2D eigenvalue weighted by atomic mass is 10.1. The predicted molar refractivity (Wildman–Crippen MR) is 102 cm³/mol. The van der Waals surface area contributed by atoms with E-state index in [0.29, 0.717) is 16.8 Å². The van der Waals surface area contributed by atoms with E-state index in [1.807, 2.05) is 12.1 Å². The molecule has 128 valence electrons. The van der Waals surface area contributed by atoms with Gasteiger partial charge in [-0.05, 0) is 42.3 Å². The SMILES string of the molecule is CCc1ccc(Nc2cncc(C(=O)Nc3ccccc3C#N)c2)cc1. The van der Waals surface area contributed by atoms with Gasteiger partial charge in [0.25, 0.3) is 5.91 Å². The van der Waals surface area contributed by atoms with Crippen molar-refractivity contribution in [3.05, 3.63) is 83.7 Å². The number of hydrogen-bond donors (Lipinski definition) is 2. The molecule has 0 atom stereocenters. The number of rotatable bonds is 5. The minimum Gasteiger partial charge on any atom is -0.354 e.